The van der Waals surface area contributed by atoms with E-state index in [1.165, 1.54) is 17.4 Å². The van der Waals surface area contributed by atoms with Crippen LogP contribution >= 0.6 is 0 Å². The number of aliphatic carboxylic acids is 1. The average molecular weight is 690 g/mol. The Morgan fingerprint density at radius 3 is 2.24 bits per heavy atom. The van der Waals surface area contributed by atoms with Crippen molar-refractivity contribution in [2.24, 2.45) is 17.6 Å². The number of H-pyrrole nitrogens is 1. The first-order valence-electron chi connectivity index (χ1n) is 17.5. The maximum absolute atomic E-state index is 13.8. The van der Waals surface area contributed by atoms with Crippen LogP contribution in [0.15, 0.2) is 12.5 Å². The van der Waals surface area contributed by atoms with Crippen LogP contribution in [0, 0.1) is 11.8 Å². The van der Waals surface area contributed by atoms with Crippen LogP contribution < -0.4 is 32.3 Å². The first-order chi connectivity index (χ1) is 23.3. The second kappa shape index (κ2) is 19.2. The summed E-state index contributed by atoms with van der Waals surface area (Å²) >= 11 is 0. The van der Waals surface area contributed by atoms with Crippen molar-refractivity contribution in [1.29, 1.82) is 0 Å². The minimum absolute atomic E-state index is 0.0310. The lowest BCUT2D eigenvalue weighted by Gasteiger charge is -2.30. The Hall–Kier alpha value is -4.05. The van der Waals surface area contributed by atoms with E-state index in [2.05, 4.69) is 36.6 Å². The number of carboxylic acid groups (broad SMARTS) is 1. The molecule has 0 unspecified atom stereocenters. The molecule has 6 atom stereocenters. The molecule has 0 bridgehead atoms. The van der Waals surface area contributed by atoms with Crippen LogP contribution in [-0.4, -0.2) is 111 Å². The number of nitrogens with one attached hydrogen (secondary N) is 6. The quantitative estimate of drug-likeness (QED) is 0.0870. The molecule has 5 amide bonds. The van der Waals surface area contributed by atoms with Gasteiger partial charge in [-0.2, -0.15) is 0 Å². The van der Waals surface area contributed by atoms with E-state index in [0.717, 1.165) is 13.0 Å². The SMILES string of the molecule is CC(C)C[C@H](NC(=O)[C@@H]1CCCN1)C(=O)N[C@@H](CCCCN)C(=O)N[C@H](C(=O)N[C@@H](Cc1cnc[nH]1)C(=O)N1CCC[C@H]1C(=O)O)C(C)C. The molecule has 49 heavy (non-hydrogen) atoms. The summed E-state index contributed by atoms with van der Waals surface area (Å²) in [5.41, 5.74) is 6.25. The van der Waals surface area contributed by atoms with E-state index in [1.54, 1.807) is 13.8 Å². The monoisotopic (exact) mass is 689 g/mol. The third-order valence-electron chi connectivity index (χ3n) is 8.96. The molecule has 16 heteroatoms. The van der Waals surface area contributed by atoms with Gasteiger partial charge < -0.3 is 47.3 Å². The maximum atomic E-state index is 13.8. The topological polar surface area (TPSA) is 241 Å². The molecular formula is C33H55N9O7. The zero-order valence-electron chi connectivity index (χ0n) is 29.1. The molecule has 16 nitrogen and oxygen atoms in total. The summed E-state index contributed by atoms with van der Waals surface area (Å²) in [6.45, 7) is 8.72. The summed E-state index contributed by atoms with van der Waals surface area (Å²) in [6.07, 6.45) is 7.12. The molecule has 1 aromatic rings. The second-order valence-corrected chi connectivity index (χ2v) is 13.8. The smallest absolute Gasteiger partial charge is 0.326 e. The number of amides is 5. The Kier molecular flexibility index (Phi) is 15.4. The molecule has 2 saturated heterocycles. The van der Waals surface area contributed by atoms with Gasteiger partial charge in [0.25, 0.3) is 0 Å². The number of aromatic nitrogens is 2. The number of hydrogen-bond donors (Lipinski definition) is 8. The van der Waals surface area contributed by atoms with E-state index in [-0.39, 0.29) is 37.3 Å². The average Bonchev–Trinajstić information content (AvgIpc) is 3.85. The van der Waals surface area contributed by atoms with Crippen molar-refractivity contribution < 1.29 is 33.9 Å². The Bertz CT molecular complexity index is 1270. The number of carboxylic acids is 1. The van der Waals surface area contributed by atoms with Gasteiger partial charge in [-0.3, -0.25) is 24.0 Å². The Balaban J connectivity index is 1.77. The van der Waals surface area contributed by atoms with Gasteiger partial charge in [0.2, 0.25) is 29.5 Å². The number of hydrogen-bond acceptors (Lipinski definition) is 9. The first kappa shape index (κ1) is 39.4. The number of carbonyl (C=O) groups excluding carboxylic acids is 5. The summed E-state index contributed by atoms with van der Waals surface area (Å²) in [7, 11) is 0. The molecule has 3 heterocycles. The van der Waals surface area contributed by atoms with E-state index in [0.29, 0.717) is 50.8 Å². The van der Waals surface area contributed by atoms with Crippen molar-refractivity contribution >= 4 is 35.5 Å². The molecule has 274 valence electrons. The minimum atomic E-state index is -1.12. The number of nitrogens with two attached hydrogens (primary N) is 1. The summed E-state index contributed by atoms with van der Waals surface area (Å²) < 4.78 is 0. The maximum Gasteiger partial charge on any atom is 0.326 e. The Morgan fingerprint density at radius 2 is 1.65 bits per heavy atom. The number of rotatable bonds is 19. The van der Waals surface area contributed by atoms with Gasteiger partial charge in [0, 0.05) is 24.9 Å². The number of unbranched alkanes of at least 4 members (excludes halogenated alkanes) is 1. The number of carbonyl (C=O) groups is 6. The van der Waals surface area contributed by atoms with Crippen LogP contribution in [0.1, 0.15) is 84.8 Å². The fraction of sp³-hybridized carbons (Fsp3) is 0.727. The fourth-order valence-electron chi connectivity index (χ4n) is 6.27. The van der Waals surface area contributed by atoms with E-state index >= 15 is 0 Å². The van der Waals surface area contributed by atoms with E-state index in [1.807, 2.05) is 13.8 Å². The predicted molar refractivity (Wildman–Crippen MR) is 181 cm³/mol. The third kappa shape index (κ3) is 11.8. The lowest BCUT2D eigenvalue weighted by atomic mass is 9.99. The Morgan fingerprint density at radius 1 is 0.939 bits per heavy atom. The Labute approximate surface area is 287 Å². The highest BCUT2D eigenvalue weighted by atomic mass is 16.4. The van der Waals surface area contributed by atoms with Gasteiger partial charge in [-0.1, -0.05) is 27.7 Å². The molecule has 1 aromatic heterocycles. The third-order valence-corrected chi connectivity index (χ3v) is 8.96. The second-order valence-electron chi connectivity index (χ2n) is 13.8. The zero-order valence-corrected chi connectivity index (χ0v) is 29.1. The normalized spacial score (nSPS) is 20.0. The standard InChI is InChI=1S/C33H55N9O7/c1-19(2)15-24(39-28(43)22-10-7-13-36-22)30(45)38-23(9-5-6-12-34)29(44)41-27(20(3)4)31(46)40-25(16-21-17-35-18-37-21)32(47)42-14-8-11-26(42)33(48)49/h17-20,22-27,36H,5-16,34H2,1-4H3,(H,35,37)(H,38,45)(H,39,43)(H,40,46)(H,41,44)(H,48,49)/t22-,23-,24-,25-,26-,27-/m0/s1. The fourth-order valence-corrected chi connectivity index (χ4v) is 6.27. The lowest BCUT2D eigenvalue weighted by molar-refractivity contribution is -0.149. The zero-order chi connectivity index (χ0) is 36.1. The van der Waals surface area contributed by atoms with Gasteiger partial charge in [-0.25, -0.2) is 9.78 Å². The molecule has 0 saturated carbocycles. The number of likely N-dealkylation sites (tertiary alicyclic amines) is 1. The van der Waals surface area contributed by atoms with Crippen LogP contribution in [0.3, 0.4) is 0 Å². The first-order valence-corrected chi connectivity index (χ1v) is 17.5. The van der Waals surface area contributed by atoms with Crippen LogP contribution in [0.25, 0.3) is 0 Å². The number of imidazole rings is 1. The summed E-state index contributed by atoms with van der Waals surface area (Å²) in [4.78, 5) is 87.7. The number of nitrogens with zero attached hydrogens (tertiary/aromatic N) is 2. The molecule has 9 N–H and O–H groups in total. The van der Waals surface area contributed by atoms with Crippen LogP contribution in [0.2, 0.25) is 0 Å². The molecule has 0 aromatic carbocycles. The van der Waals surface area contributed by atoms with Gasteiger partial charge in [0.1, 0.15) is 30.2 Å². The van der Waals surface area contributed by atoms with E-state index in [9.17, 15) is 33.9 Å². The van der Waals surface area contributed by atoms with Crippen molar-refractivity contribution in [2.75, 3.05) is 19.6 Å². The molecule has 0 spiro atoms. The van der Waals surface area contributed by atoms with Crippen molar-refractivity contribution in [1.82, 2.24) is 41.5 Å². The predicted octanol–water partition coefficient (Wildman–Crippen LogP) is -0.450. The molecule has 2 aliphatic heterocycles. The number of aromatic amines is 1. The lowest BCUT2D eigenvalue weighted by Crippen LogP contribution is -2.60. The van der Waals surface area contributed by atoms with Crippen molar-refractivity contribution in [2.45, 2.75) is 122 Å². The summed E-state index contributed by atoms with van der Waals surface area (Å²) in [6, 6.07) is -5.47. The van der Waals surface area contributed by atoms with Crippen molar-refractivity contribution in [3.8, 4) is 0 Å². The molecule has 2 aliphatic rings. The highest BCUT2D eigenvalue weighted by Crippen LogP contribution is 2.20. The van der Waals surface area contributed by atoms with E-state index in [4.69, 9.17) is 5.73 Å². The van der Waals surface area contributed by atoms with Gasteiger partial charge >= 0.3 is 5.97 Å². The molecule has 3 rings (SSSR count). The molecule has 0 aliphatic carbocycles. The minimum Gasteiger partial charge on any atom is -0.480 e. The van der Waals surface area contributed by atoms with Crippen LogP contribution in [0.4, 0.5) is 0 Å². The molecule has 0 radical (unpaired) electrons. The largest absolute Gasteiger partial charge is 0.480 e. The molecular weight excluding hydrogens is 634 g/mol. The van der Waals surface area contributed by atoms with Gasteiger partial charge in [0.05, 0.1) is 12.4 Å². The van der Waals surface area contributed by atoms with E-state index < -0.39 is 65.7 Å². The van der Waals surface area contributed by atoms with Crippen molar-refractivity contribution in [3.05, 3.63) is 18.2 Å². The summed E-state index contributed by atoms with van der Waals surface area (Å²) in [5, 5.41) is 24.0. The van der Waals surface area contributed by atoms with Crippen molar-refractivity contribution in [3.63, 3.8) is 0 Å². The molecule has 2 fully saturated rings. The summed E-state index contributed by atoms with van der Waals surface area (Å²) in [5.74, 6) is -3.98. The highest BCUT2D eigenvalue weighted by Gasteiger charge is 2.39. The van der Waals surface area contributed by atoms with Crippen LogP contribution in [-0.2, 0) is 35.2 Å². The van der Waals surface area contributed by atoms with Gasteiger partial charge in [-0.15, -0.1) is 0 Å². The van der Waals surface area contributed by atoms with Gasteiger partial charge in [0.15, 0.2) is 0 Å². The highest BCUT2D eigenvalue weighted by molar-refractivity contribution is 5.96. The van der Waals surface area contributed by atoms with Crippen LogP contribution in [0.5, 0.6) is 0 Å². The van der Waals surface area contributed by atoms with Gasteiger partial charge in [-0.05, 0) is 76.3 Å².